The van der Waals surface area contributed by atoms with E-state index in [1.165, 1.54) is 23.5 Å². The molecule has 0 atom stereocenters. The number of nitrogens with one attached hydrogen (secondary N) is 1. The monoisotopic (exact) mass is 326 g/mol. The molecule has 2 aromatic rings. The van der Waals surface area contributed by atoms with Crippen LogP contribution in [0.5, 0.6) is 0 Å². The van der Waals surface area contributed by atoms with Crippen LogP contribution in [-0.2, 0) is 9.59 Å². The first-order chi connectivity index (χ1) is 10.7. The lowest BCUT2D eigenvalue weighted by atomic mass is 10.2. The molecular weight excluding hydrogens is 316 g/mol. The maximum Gasteiger partial charge on any atom is 0.252 e. The lowest BCUT2D eigenvalue weighted by Gasteiger charge is -2.29. The molecule has 2 aromatic carbocycles. The molecule has 22 heavy (non-hydrogen) atoms. The normalized spacial score (nSPS) is 16.8. The second-order valence-electron chi connectivity index (χ2n) is 4.83. The van der Waals surface area contributed by atoms with Crippen molar-refractivity contribution in [2.24, 2.45) is 0 Å². The van der Waals surface area contributed by atoms with E-state index in [9.17, 15) is 9.59 Å². The Balaban J connectivity index is 1.80. The zero-order valence-electron chi connectivity index (χ0n) is 11.3. The second kappa shape index (κ2) is 5.37. The van der Waals surface area contributed by atoms with Gasteiger partial charge < -0.3 is 5.32 Å². The maximum atomic E-state index is 12.3. The van der Waals surface area contributed by atoms with Gasteiger partial charge >= 0.3 is 0 Å². The molecule has 0 aliphatic carbocycles. The van der Waals surface area contributed by atoms with E-state index in [2.05, 4.69) is 11.1 Å². The van der Waals surface area contributed by atoms with Crippen molar-refractivity contribution in [1.29, 1.82) is 0 Å². The Morgan fingerprint density at radius 3 is 2.86 bits per heavy atom. The SMILES string of the molecule is O=C1CSc2ccc(N3C(=O)[C]Sc4ccccc43)cc2N1. The van der Waals surface area contributed by atoms with Crippen molar-refractivity contribution in [3.05, 3.63) is 48.2 Å². The van der Waals surface area contributed by atoms with Crippen molar-refractivity contribution in [1.82, 2.24) is 0 Å². The fourth-order valence-corrected chi connectivity index (χ4v) is 3.94. The van der Waals surface area contributed by atoms with Crippen LogP contribution in [0.2, 0.25) is 0 Å². The van der Waals surface area contributed by atoms with Gasteiger partial charge in [0, 0.05) is 9.79 Å². The Morgan fingerprint density at radius 2 is 1.95 bits per heavy atom. The van der Waals surface area contributed by atoms with E-state index in [1.807, 2.05) is 42.5 Å². The number of hydrogen-bond donors (Lipinski definition) is 1. The number of benzene rings is 2. The first-order valence-corrected chi connectivity index (χ1v) is 8.45. The highest BCUT2D eigenvalue weighted by atomic mass is 32.2. The average molecular weight is 326 g/mol. The van der Waals surface area contributed by atoms with Gasteiger partial charge in [0.1, 0.15) is 0 Å². The Labute approximate surface area is 136 Å². The van der Waals surface area contributed by atoms with Gasteiger partial charge in [-0.25, -0.2) is 0 Å². The van der Waals surface area contributed by atoms with Crippen molar-refractivity contribution >= 4 is 52.4 Å². The first-order valence-electron chi connectivity index (χ1n) is 6.65. The van der Waals surface area contributed by atoms with Crippen molar-refractivity contribution < 1.29 is 9.59 Å². The summed E-state index contributed by atoms with van der Waals surface area (Å²) in [5.41, 5.74) is 2.32. The van der Waals surface area contributed by atoms with Gasteiger partial charge in [-0.05, 0) is 30.3 Å². The molecule has 2 radical (unpaired) electrons. The van der Waals surface area contributed by atoms with Gasteiger partial charge in [0.15, 0.2) is 5.75 Å². The van der Waals surface area contributed by atoms with Crippen molar-refractivity contribution in [3.63, 3.8) is 0 Å². The van der Waals surface area contributed by atoms with Crippen LogP contribution in [-0.4, -0.2) is 17.6 Å². The minimum atomic E-state index is -0.196. The molecule has 0 saturated heterocycles. The fraction of sp³-hybridized carbons (Fsp3) is 0.0625. The lowest BCUT2D eigenvalue weighted by Crippen LogP contribution is -2.28. The summed E-state index contributed by atoms with van der Waals surface area (Å²) in [6, 6.07) is 13.4. The lowest BCUT2D eigenvalue weighted by molar-refractivity contribution is -0.114. The summed E-state index contributed by atoms with van der Waals surface area (Å²) in [6.45, 7) is 0. The number of carbonyl (C=O) groups excluding carboxylic acids is 2. The number of anilines is 3. The van der Waals surface area contributed by atoms with E-state index in [0.717, 1.165) is 26.9 Å². The largest absolute Gasteiger partial charge is 0.324 e. The standard InChI is InChI=1S/C16H10N2O2S2/c19-15-8-21-13-6-5-10(7-11(13)17-15)18-12-3-1-2-4-14(12)22-9-16(18)20/h1-7H,8H2,(H,17,19). The molecule has 108 valence electrons. The summed E-state index contributed by atoms with van der Waals surface area (Å²) in [7, 11) is 0. The zero-order chi connectivity index (χ0) is 15.1. The quantitative estimate of drug-likeness (QED) is 0.871. The van der Waals surface area contributed by atoms with Crippen LogP contribution in [0.4, 0.5) is 17.1 Å². The third-order valence-corrected chi connectivity index (χ3v) is 5.33. The second-order valence-corrected chi connectivity index (χ2v) is 6.69. The first kappa shape index (κ1) is 13.7. The van der Waals surface area contributed by atoms with Gasteiger partial charge in [0.25, 0.3) is 5.91 Å². The van der Waals surface area contributed by atoms with Gasteiger partial charge in [0.2, 0.25) is 5.91 Å². The summed E-state index contributed by atoms with van der Waals surface area (Å²) < 4.78 is 0. The molecule has 2 aliphatic rings. The zero-order valence-corrected chi connectivity index (χ0v) is 13.0. The number of rotatable bonds is 1. The number of para-hydroxylation sites is 1. The third kappa shape index (κ3) is 2.28. The smallest absolute Gasteiger partial charge is 0.252 e. The van der Waals surface area contributed by atoms with E-state index < -0.39 is 0 Å². The van der Waals surface area contributed by atoms with Crippen LogP contribution in [0.3, 0.4) is 0 Å². The van der Waals surface area contributed by atoms with Crippen LogP contribution < -0.4 is 10.2 Å². The number of fused-ring (bicyclic) bond motifs is 2. The Hall–Kier alpha value is -1.92. The van der Waals surface area contributed by atoms with Crippen LogP contribution in [0, 0.1) is 5.75 Å². The fourth-order valence-electron chi connectivity index (χ4n) is 2.45. The highest BCUT2D eigenvalue weighted by molar-refractivity contribution is 8.02. The number of amides is 2. The van der Waals surface area contributed by atoms with Gasteiger partial charge in [0.05, 0.1) is 22.8 Å². The minimum Gasteiger partial charge on any atom is -0.324 e. The molecule has 4 nitrogen and oxygen atoms in total. The Bertz CT molecular complexity index is 791. The molecule has 4 rings (SSSR count). The van der Waals surface area contributed by atoms with E-state index in [4.69, 9.17) is 0 Å². The number of thioether (sulfide) groups is 2. The van der Waals surface area contributed by atoms with Crippen LogP contribution in [0.1, 0.15) is 0 Å². The Morgan fingerprint density at radius 1 is 1.09 bits per heavy atom. The summed E-state index contributed by atoms with van der Waals surface area (Å²) in [5.74, 6) is 3.00. The molecule has 0 aromatic heterocycles. The molecule has 0 saturated carbocycles. The molecule has 1 N–H and O–H groups in total. The molecule has 0 fully saturated rings. The summed E-state index contributed by atoms with van der Waals surface area (Å²) in [5, 5.41) is 2.85. The average Bonchev–Trinajstić information content (AvgIpc) is 2.54. The molecule has 2 heterocycles. The molecule has 2 aliphatic heterocycles. The third-order valence-electron chi connectivity index (χ3n) is 3.41. The van der Waals surface area contributed by atoms with Crippen molar-refractivity contribution in [2.45, 2.75) is 9.79 Å². The summed E-state index contributed by atoms with van der Waals surface area (Å²) in [4.78, 5) is 27.5. The van der Waals surface area contributed by atoms with Gasteiger partial charge in [-0.15, -0.1) is 23.5 Å². The minimum absolute atomic E-state index is 0.0197. The highest BCUT2D eigenvalue weighted by Crippen LogP contribution is 2.43. The predicted octanol–water partition coefficient (Wildman–Crippen LogP) is 3.54. The van der Waals surface area contributed by atoms with E-state index in [-0.39, 0.29) is 11.8 Å². The van der Waals surface area contributed by atoms with Crippen LogP contribution >= 0.6 is 23.5 Å². The van der Waals surface area contributed by atoms with Crippen LogP contribution in [0.15, 0.2) is 52.3 Å². The number of hydrogen-bond acceptors (Lipinski definition) is 4. The van der Waals surface area contributed by atoms with Crippen LogP contribution in [0.25, 0.3) is 0 Å². The van der Waals surface area contributed by atoms with Gasteiger partial charge in [-0.2, -0.15) is 0 Å². The van der Waals surface area contributed by atoms with Crippen molar-refractivity contribution in [3.8, 4) is 0 Å². The summed E-state index contributed by atoms with van der Waals surface area (Å²) >= 11 is 2.81. The molecular formula is C16H10N2O2S2. The molecule has 0 unspecified atom stereocenters. The number of nitrogens with zero attached hydrogens (tertiary/aromatic N) is 1. The van der Waals surface area contributed by atoms with E-state index in [1.54, 1.807) is 4.90 Å². The van der Waals surface area contributed by atoms with Gasteiger partial charge in [-0.1, -0.05) is 12.1 Å². The summed E-state index contributed by atoms with van der Waals surface area (Å²) in [6.07, 6.45) is 0. The van der Waals surface area contributed by atoms with Crippen molar-refractivity contribution in [2.75, 3.05) is 16.0 Å². The number of carbonyl (C=O) groups is 2. The van der Waals surface area contributed by atoms with E-state index >= 15 is 0 Å². The Kier molecular flexibility index (Phi) is 3.35. The van der Waals surface area contributed by atoms with E-state index in [0.29, 0.717) is 5.75 Å². The van der Waals surface area contributed by atoms with Gasteiger partial charge in [-0.3, -0.25) is 14.5 Å². The molecule has 2 amide bonds. The molecule has 0 bridgehead atoms. The predicted molar refractivity (Wildman–Crippen MR) is 88.5 cm³/mol. The maximum absolute atomic E-state index is 12.3. The molecule has 6 heteroatoms. The topological polar surface area (TPSA) is 49.4 Å². The highest BCUT2D eigenvalue weighted by Gasteiger charge is 2.28. The molecule has 0 spiro atoms.